The number of hydrogen-bond donors (Lipinski definition) is 2. The average molecular weight is 616 g/mol. The Kier molecular flexibility index (Phi) is 9.52. The molecule has 2 amide bonds. The number of amides is 2. The Hall–Kier alpha value is -3.44. The molecular formula is C34H38BNO7S. The summed E-state index contributed by atoms with van der Waals surface area (Å²) < 4.78 is 18.1. The fraction of sp³-hybridized carbons (Fsp3) is 0.412. The van der Waals surface area contributed by atoms with Crippen LogP contribution >= 0.6 is 11.3 Å². The maximum Gasteiger partial charge on any atom is 0.455 e. The van der Waals surface area contributed by atoms with Gasteiger partial charge in [0.05, 0.1) is 24.5 Å². The quantitative estimate of drug-likeness (QED) is 0.149. The highest BCUT2D eigenvalue weighted by Crippen LogP contribution is 2.51. The molecular weight excluding hydrogens is 577 g/mol. The van der Waals surface area contributed by atoms with Crippen molar-refractivity contribution in [3.8, 4) is 5.75 Å². The number of thiophene rings is 1. The van der Waals surface area contributed by atoms with Crippen molar-refractivity contribution in [3.05, 3.63) is 93.1 Å². The number of fused-ring (bicyclic) bond motifs is 3. The van der Waals surface area contributed by atoms with Gasteiger partial charge in [0.1, 0.15) is 30.5 Å². The van der Waals surface area contributed by atoms with Crippen LogP contribution < -0.4 is 4.74 Å². The van der Waals surface area contributed by atoms with Gasteiger partial charge in [-0.05, 0) is 90.9 Å². The molecule has 4 heterocycles. The lowest BCUT2D eigenvalue weighted by atomic mass is 9.58. The van der Waals surface area contributed by atoms with Crippen molar-refractivity contribution in [2.75, 3.05) is 6.61 Å². The zero-order chi connectivity index (χ0) is 30.6. The third-order valence-corrected chi connectivity index (χ3v) is 9.79. The molecule has 2 N–H and O–H groups in total. The number of furan rings is 1. The monoisotopic (exact) mass is 615 g/mol. The van der Waals surface area contributed by atoms with Crippen LogP contribution in [-0.4, -0.2) is 46.7 Å². The van der Waals surface area contributed by atoms with E-state index in [1.807, 2.05) is 60.0 Å². The zero-order valence-electron chi connectivity index (χ0n) is 24.9. The van der Waals surface area contributed by atoms with Gasteiger partial charge >= 0.3 is 7.12 Å². The van der Waals surface area contributed by atoms with E-state index in [2.05, 4.69) is 6.92 Å². The molecule has 2 saturated heterocycles. The van der Waals surface area contributed by atoms with E-state index in [1.54, 1.807) is 6.07 Å². The summed E-state index contributed by atoms with van der Waals surface area (Å²) in [6, 6.07) is 17.1. The van der Waals surface area contributed by atoms with Crippen LogP contribution in [0.25, 0.3) is 6.08 Å². The van der Waals surface area contributed by atoms with Crippen LogP contribution in [0.1, 0.15) is 55.4 Å². The molecule has 2 fully saturated rings. The number of ether oxygens (including phenoxy) is 1. The molecule has 6 rings (SSSR count). The third-order valence-electron chi connectivity index (χ3n) is 8.93. The molecule has 1 aliphatic carbocycles. The maximum absolute atomic E-state index is 13.9. The summed E-state index contributed by atoms with van der Waals surface area (Å²) in [6.45, 7) is 2.54. The van der Waals surface area contributed by atoms with Crippen molar-refractivity contribution in [1.82, 2.24) is 4.90 Å². The van der Waals surface area contributed by atoms with Gasteiger partial charge in [-0.15, -0.1) is 11.3 Å². The lowest BCUT2D eigenvalue weighted by molar-refractivity contribution is -0.140. The molecule has 0 spiro atoms. The molecule has 1 aromatic carbocycles. The predicted molar refractivity (Wildman–Crippen MR) is 168 cm³/mol. The molecule has 0 radical (unpaired) electrons. The van der Waals surface area contributed by atoms with Crippen LogP contribution in [0.3, 0.4) is 0 Å². The molecule has 2 aromatic heterocycles. The lowest BCUT2D eigenvalue weighted by Crippen LogP contribution is -2.46. The first-order valence-corrected chi connectivity index (χ1v) is 16.3. The zero-order valence-corrected chi connectivity index (χ0v) is 25.7. The predicted octanol–water partition coefficient (Wildman–Crippen LogP) is 5.87. The molecule has 230 valence electrons. The van der Waals surface area contributed by atoms with Crippen LogP contribution in [0, 0.1) is 17.8 Å². The standard InChI is InChI=1S/C34H38BNO7S/c1-2-7-22(16-25-12-13-26(20-37)42-25)11-14-30-31-23(21-41-24-8-4-3-5-9-24)17-28-32(29(31)18-35(40)43-30)34(39)36(33(28)38)19-27-10-6-15-44-27/h3-6,8-10,12-13,15-16,28-30,32,37,40H,2,7,11,14,17-21H2,1H3/b22-16+/t28-,29+,30-,32-/m1/s1. The van der Waals surface area contributed by atoms with Gasteiger partial charge in [-0.1, -0.05) is 43.2 Å². The van der Waals surface area contributed by atoms with Crippen molar-refractivity contribution in [3.63, 3.8) is 0 Å². The number of para-hydroxylation sites is 1. The van der Waals surface area contributed by atoms with E-state index in [-0.39, 0.29) is 43.8 Å². The van der Waals surface area contributed by atoms with Gasteiger partial charge in [0, 0.05) is 4.88 Å². The molecule has 2 aliphatic heterocycles. The third kappa shape index (κ3) is 6.49. The Balaban J connectivity index is 1.30. The van der Waals surface area contributed by atoms with Crippen molar-refractivity contribution in [2.24, 2.45) is 17.8 Å². The average Bonchev–Trinajstić information content (AvgIpc) is 3.77. The lowest BCUT2D eigenvalue weighted by Gasteiger charge is -2.43. The van der Waals surface area contributed by atoms with E-state index in [4.69, 9.17) is 13.8 Å². The number of imide groups is 1. The van der Waals surface area contributed by atoms with E-state index in [1.165, 1.54) is 21.8 Å². The molecule has 10 heteroatoms. The largest absolute Gasteiger partial charge is 0.489 e. The van der Waals surface area contributed by atoms with Gasteiger partial charge in [0.2, 0.25) is 11.8 Å². The molecule has 0 unspecified atom stereocenters. The van der Waals surface area contributed by atoms with Crippen molar-refractivity contribution >= 4 is 36.3 Å². The number of aliphatic hydroxyl groups excluding tert-OH is 1. The Morgan fingerprint density at radius 1 is 1.09 bits per heavy atom. The number of allylic oxidation sites excluding steroid dienone is 1. The van der Waals surface area contributed by atoms with Gasteiger partial charge < -0.3 is 23.9 Å². The Labute approximate surface area is 262 Å². The van der Waals surface area contributed by atoms with Crippen molar-refractivity contribution in [2.45, 2.75) is 64.6 Å². The summed E-state index contributed by atoms with van der Waals surface area (Å²) in [5.74, 6) is 0.329. The first kappa shape index (κ1) is 30.6. The number of aliphatic hydroxyl groups is 1. The molecule has 3 aromatic rings. The number of carbonyl (C=O) groups is 2. The molecule has 3 aliphatic rings. The van der Waals surface area contributed by atoms with Crippen LogP contribution in [-0.2, 0) is 27.4 Å². The first-order valence-electron chi connectivity index (χ1n) is 15.4. The second kappa shape index (κ2) is 13.7. The maximum atomic E-state index is 13.9. The van der Waals surface area contributed by atoms with Gasteiger partial charge in [0.15, 0.2) is 0 Å². The van der Waals surface area contributed by atoms with Crippen LogP contribution in [0.15, 0.2) is 81.1 Å². The van der Waals surface area contributed by atoms with Crippen LogP contribution in [0.5, 0.6) is 5.75 Å². The Morgan fingerprint density at radius 3 is 2.66 bits per heavy atom. The second-order valence-corrected chi connectivity index (χ2v) is 12.8. The summed E-state index contributed by atoms with van der Waals surface area (Å²) in [5, 5.41) is 22.3. The summed E-state index contributed by atoms with van der Waals surface area (Å²) in [7, 11) is -1.03. The summed E-state index contributed by atoms with van der Waals surface area (Å²) in [5.41, 5.74) is 3.16. The highest BCUT2D eigenvalue weighted by atomic mass is 32.1. The van der Waals surface area contributed by atoms with Crippen LogP contribution in [0.2, 0.25) is 6.32 Å². The molecule has 8 nitrogen and oxygen atoms in total. The topological polar surface area (TPSA) is 109 Å². The number of benzene rings is 1. The minimum atomic E-state index is -1.03. The van der Waals surface area contributed by atoms with E-state index in [9.17, 15) is 19.7 Å². The molecule has 44 heavy (non-hydrogen) atoms. The minimum absolute atomic E-state index is 0.143. The van der Waals surface area contributed by atoms with E-state index >= 15 is 0 Å². The second-order valence-electron chi connectivity index (χ2n) is 11.8. The van der Waals surface area contributed by atoms with Gasteiger partial charge in [-0.25, -0.2) is 0 Å². The number of likely N-dealkylation sites (tertiary alicyclic amines) is 1. The summed E-state index contributed by atoms with van der Waals surface area (Å²) in [4.78, 5) is 30.0. The summed E-state index contributed by atoms with van der Waals surface area (Å²) in [6.07, 6.45) is 5.43. The van der Waals surface area contributed by atoms with Gasteiger partial charge in [0.25, 0.3) is 0 Å². The fourth-order valence-electron chi connectivity index (χ4n) is 7.03. The van der Waals surface area contributed by atoms with Crippen molar-refractivity contribution < 1.29 is 33.5 Å². The van der Waals surface area contributed by atoms with E-state index in [0.29, 0.717) is 30.8 Å². The number of hydrogen-bond acceptors (Lipinski definition) is 8. The molecule has 0 bridgehead atoms. The number of carbonyl (C=O) groups excluding carboxylic acids is 2. The van der Waals surface area contributed by atoms with E-state index < -0.39 is 25.1 Å². The highest BCUT2D eigenvalue weighted by Gasteiger charge is 2.57. The normalized spacial score (nSPS) is 23.8. The first-order chi connectivity index (χ1) is 21.4. The SMILES string of the molecule is CCC/C(=C\c1ccc(CO)o1)CC[C@H]1OB(O)C[C@H]2C1=C(COc1ccccc1)C[C@H]1C(=O)N(Cc3cccs3)C(=O)[C@H]12. The number of nitrogens with zero attached hydrogens (tertiary/aromatic N) is 1. The smallest absolute Gasteiger partial charge is 0.455 e. The van der Waals surface area contributed by atoms with Gasteiger partial charge in [-0.2, -0.15) is 0 Å². The fourth-order valence-corrected chi connectivity index (χ4v) is 7.72. The molecule has 4 atom stereocenters. The minimum Gasteiger partial charge on any atom is -0.489 e. The Bertz CT molecular complexity index is 1520. The van der Waals surface area contributed by atoms with Gasteiger partial charge in [-0.3, -0.25) is 14.5 Å². The summed E-state index contributed by atoms with van der Waals surface area (Å²) >= 11 is 1.53. The van der Waals surface area contributed by atoms with Crippen LogP contribution in [0.4, 0.5) is 0 Å². The highest BCUT2D eigenvalue weighted by molar-refractivity contribution is 7.09. The Morgan fingerprint density at radius 2 is 1.93 bits per heavy atom. The van der Waals surface area contributed by atoms with Crippen molar-refractivity contribution in [1.29, 1.82) is 0 Å². The number of rotatable bonds is 12. The molecule has 0 saturated carbocycles. The van der Waals surface area contributed by atoms with E-state index in [0.717, 1.165) is 34.6 Å².